The summed E-state index contributed by atoms with van der Waals surface area (Å²) in [4.78, 5) is 14.8. The van der Waals surface area contributed by atoms with E-state index in [4.69, 9.17) is 5.73 Å². The van der Waals surface area contributed by atoms with Crippen LogP contribution < -0.4 is 11.1 Å². The van der Waals surface area contributed by atoms with Crippen LogP contribution in [0, 0.1) is 0 Å². The largest absolute Gasteiger partial charge is 0.399 e. The van der Waals surface area contributed by atoms with Crippen LogP contribution in [0.15, 0.2) is 48.5 Å². The number of hydrogen-bond acceptors (Lipinski definition) is 3. The van der Waals surface area contributed by atoms with E-state index >= 15 is 0 Å². The highest BCUT2D eigenvalue weighted by atomic mass is 16.1. The third kappa shape index (κ3) is 4.33. The molecule has 1 heterocycles. The van der Waals surface area contributed by atoms with Crippen LogP contribution in [0.25, 0.3) is 0 Å². The number of benzene rings is 2. The standard InChI is InChI=1S/C19H23N3O/c20-17-8-5-7-16(13-17)19(23)21-18-9-4-6-15(12-18)14-22-10-2-1-3-11-22/h4-9,12-13H,1-3,10-11,14,20H2,(H,21,23). The molecule has 3 rings (SSSR count). The number of nitrogens with zero attached hydrogens (tertiary/aromatic N) is 1. The Morgan fingerprint density at radius 3 is 2.61 bits per heavy atom. The zero-order valence-corrected chi connectivity index (χ0v) is 13.3. The lowest BCUT2D eigenvalue weighted by Crippen LogP contribution is -2.29. The zero-order valence-electron chi connectivity index (χ0n) is 13.3. The third-order valence-electron chi connectivity index (χ3n) is 4.19. The maximum absolute atomic E-state index is 12.3. The Bertz CT molecular complexity index is 678. The van der Waals surface area contributed by atoms with E-state index in [1.165, 1.54) is 37.9 Å². The van der Waals surface area contributed by atoms with Crippen LogP contribution in [-0.2, 0) is 6.54 Å². The van der Waals surface area contributed by atoms with E-state index in [9.17, 15) is 4.79 Å². The minimum Gasteiger partial charge on any atom is -0.399 e. The predicted octanol–water partition coefficient (Wildman–Crippen LogP) is 3.51. The minimum absolute atomic E-state index is 0.132. The molecule has 0 unspecified atom stereocenters. The molecule has 0 radical (unpaired) electrons. The second kappa shape index (κ2) is 7.29. The second-order valence-electron chi connectivity index (χ2n) is 6.12. The van der Waals surface area contributed by atoms with E-state index in [0.717, 1.165) is 12.2 Å². The van der Waals surface area contributed by atoms with Crippen LogP contribution >= 0.6 is 0 Å². The molecule has 0 atom stereocenters. The molecule has 0 bridgehead atoms. The van der Waals surface area contributed by atoms with Crippen molar-refractivity contribution < 1.29 is 4.79 Å². The van der Waals surface area contributed by atoms with Gasteiger partial charge in [0.2, 0.25) is 0 Å². The summed E-state index contributed by atoms with van der Waals surface area (Å²) in [5, 5.41) is 2.95. The Kier molecular flexibility index (Phi) is 4.93. The van der Waals surface area contributed by atoms with Crippen molar-refractivity contribution in [2.75, 3.05) is 24.1 Å². The molecule has 1 amide bonds. The van der Waals surface area contributed by atoms with Gasteiger partial charge in [-0.25, -0.2) is 0 Å². The highest BCUT2D eigenvalue weighted by Crippen LogP contribution is 2.17. The summed E-state index contributed by atoms with van der Waals surface area (Å²) >= 11 is 0. The van der Waals surface area contributed by atoms with Crippen molar-refractivity contribution in [3.05, 3.63) is 59.7 Å². The topological polar surface area (TPSA) is 58.4 Å². The SMILES string of the molecule is Nc1cccc(C(=O)Nc2cccc(CN3CCCCC3)c2)c1. The van der Waals surface area contributed by atoms with E-state index in [-0.39, 0.29) is 5.91 Å². The van der Waals surface area contributed by atoms with Crippen molar-refractivity contribution in [3.8, 4) is 0 Å². The monoisotopic (exact) mass is 309 g/mol. The van der Waals surface area contributed by atoms with Gasteiger partial charge in [0, 0.05) is 23.5 Å². The van der Waals surface area contributed by atoms with Crippen molar-refractivity contribution >= 4 is 17.3 Å². The number of carbonyl (C=O) groups excluding carboxylic acids is 1. The first-order valence-corrected chi connectivity index (χ1v) is 8.19. The van der Waals surface area contributed by atoms with Crippen LogP contribution in [0.1, 0.15) is 35.2 Å². The van der Waals surface area contributed by atoms with Gasteiger partial charge in [0.05, 0.1) is 0 Å². The molecule has 2 aromatic carbocycles. The van der Waals surface area contributed by atoms with E-state index in [2.05, 4.69) is 22.3 Å². The molecule has 0 spiro atoms. The van der Waals surface area contributed by atoms with Crippen LogP contribution in [-0.4, -0.2) is 23.9 Å². The highest BCUT2D eigenvalue weighted by Gasteiger charge is 2.11. The molecule has 0 aliphatic carbocycles. The molecule has 4 heteroatoms. The maximum Gasteiger partial charge on any atom is 0.255 e. The third-order valence-corrected chi connectivity index (χ3v) is 4.19. The smallest absolute Gasteiger partial charge is 0.255 e. The number of nitrogen functional groups attached to an aromatic ring is 1. The number of nitrogens with two attached hydrogens (primary N) is 1. The van der Waals surface area contributed by atoms with E-state index in [1.807, 2.05) is 12.1 Å². The Morgan fingerprint density at radius 2 is 1.83 bits per heavy atom. The summed E-state index contributed by atoms with van der Waals surface area (Å²) in [6.45, 7) is 3.28. The highest BCUT2D eigenvalue weighted by molar-refractivity contribution is 6.04. The molecule has 23 heavy (non-hydrogen) atoms. The molecule has 120 valence electrons. The van der Waals surface area contributed by atoms with E-state index in [0.29, 0.717) is 11.3 Å². The fourth-order valence-electron chi connectivity index (χ4n) is 3.01. The number of piperidine rings is 1. The minimum atomic E-state index is -0.132. The number of amides is 1. The van der Waals surface area contributed by atoms with Crippen LogP contribution in [0.4, 0.5) is 11.4 Å². The number of nitrogens with one attached hydrogen (secondary N) is 1. The van der Waals surface area contributed by atoms with Crippen molar-refractivity contribution in [1.82, 2.24) is 4.90 Å². The first kappa shape index (κ1) is 15.6. The molecular weight excluding hydrogens is 286 g/mol. The molecule has 1 saturated heterocycles. The van der Waals surface area contributed by atoms with Gasteiger partial charge in [-0.3, -0.25) is 9.69 Å². The van der Waals surface area contributed by atoms with Crippen molar-refractivity contribution in [2.24, 2.45) is 0 Å². The van der Waals surface area contributed by atoms with E-state index in [1.54, 1.807) is 24.3 Å². The Labute approximate surface area is 137 Å². The molecule has 3 N–H and O–H groups in total. The Balaban J connectivity index is 1.66. The first-order chi connectivity index (χ1) is 11.2. The quantitative estimate of drug-likeness (QED) is 0.850. The Morgan fingerprint density at radius 1 is 1.04 bits per heavy atom. The summed E-state index contributed by atoms with van der Waals surface area (Å²) in [6, 6.07) is 15.1. The van der Waals surface area contributed by atoms with Gasteiger partial charge in [-0.1, -0.05) is 24.6 Å². The lowest BCUT2D eigenvalue weighted by molar-refractivity contribution is 0.102. The number of rotatable bonds is 4. The van der Waals surface area contributed by atoms with Crippen LogP contribution in [0.3, 0.4) is 0 Å². The summed E-state index contributed by atoms with van der Waals surface area (Å²) in [7, 11) is 0. The van der Waals surface area contributed by atoms with Gasteiger partial charge in [0.1, 0.15) is 0 Å². The summed E-state index contributed by atoms with van der Waals surface area (Å²) in [5.74, 6) is -0.132. The molecule has 0 aromatic heterocycles. The molecule has 2 aromatic rings. The number of hydrogen-bond donors (Lipinski definition) is 2. The first-order valence-electron chi connectivity index (χ1n) is 8.19. The number of carbonyl (C=O) groups is 1. The lowest BCUT2D eigenvalue weighted by atomic mass is 10.1. The summed E-state index contributed by atoms with van der Waals surface area (Å²) < 4.78 is 0. The average molecular weight is 309 g/mol. The lowest BCUT2D eigenvalue weighted by Gasteiger charge is -2.26. The molecule has 0 saturated carbocycles. The summed E-state index contributed by atoms with van der Waals surface area (Å²) in [6.07, 6.45) is 3.91. The molecule has 1 fully saturated rings. The number of anilines is 2. The maximum atomic E-state index is 12.3. The van der Waals surface area contributed by atoms with Crippen molar-refractivity contribution in [2.45, 2.75) is 25.8 Å². The van der Waals surface area contributed by atoms with Crippen molar-refractivity contribution in [3.63, 3.8) is 0 Å². The van der Waals surface area contributed by atoms with E-state index < -0.39 is 0 Å². The second-order valence-corrected chi connectivity index (χ2v) is 6.12. The number of likely N-dealkylation sites (tertiary alicyclic amines) is 1. The van der Waals surface area contributed by atoms with Crippen LogP contribution in [0.2, 0.25) is 0 Å². The van der Waals surface area contributed by atoms with Gasteiger partial charge in [-0.05, 0) is 61.8 Å². The molecule has 1 aliphatic heterocycles. The zero-order chi connectivity index (χ0) is 16.1. The van der Waals surface area contributed by atoms with Gasteiger partial charge >= 0.3 is 0 Å². The van der Waals surface area contributed by atoms with Gasteiger partial charge in [-0.2, -0.15) is 0 Å². The van der Waals surface area contributed by atoms with Crippen LogP contribution in [0.5, 0.6) is 0 Å². The predicted molar refractivity (Wildman–Crippen MR) is 94.4 cm³/mol. The molecule has 1 aliphatic rings. The van der Waals surface area contributed by atoms with Gasteiger partial charge in [0.15, 0.2) is 0 Å². The fourth-order valence-corrected chi connectivity index (χ4v) is 3.01. The van der Waals surface area contributed by atoms with Gasteiger partial charge < -0.3 is 11.1 Å². The van der Waals surface area contributed by atoms with Gasteiger partial charge in [-0.15, -0.1) is 0 Å². The fraction of sp³-hybridized carbons (Fsp3) is 0.316. The Hall–Kier alpha value is -2.33. The normalized spacial score (nSPS) is 15.3. The molecular formula is C19H23N3O. The summed E-state index contributed by atoms with van der Waals surface area (Å²) in [5.41, 5.74) is 8.96. The molecule has 4 nitrogen and oxygen atoms in total. The van der Waals surface area contributed by atoms with Crippen molar-refractivity contribution in [1.29, 1.82) is 0 Å². The average Bonchev–Trinajstić information content (AvgIpc) is 2.56. The van der Waals surface area contributed by atoms with Gasteiger partial charge in [0.25, 0.3) is 5.91 Å².